The third kappa shape index (κ3) is 3.99. The van der Waals surface area contributed by atoms with Gasteiger partial charge < -0.3 is 9.84 Å². The lowest BCUT2D eigenvalue weighted by atomic mass is 9.96. The van der Waals surface area contributed by atoms with Gasteiger partial charge in [0.2, 0.25) is 11.0 Å². The summed E-state index contributed by atoms with van der Waals surface area (Å²) in [6.45, 7) is 4.24. The number of pyridine rings is 1. The minimum atomic E-state index is -0.962. The lowest BCUT2D eigenvalue weighted by Crippen LogP contribution is -2.31. The van der Waals surface area contributed by atoms with Crippen LogP contribution < -0.4 is 4.57 Å². The molecule has 0 saturated carbocycles. The standard InChI is InChI=1S/C31H25NO4/c1-19-8-6-9-20(2)26(19)18-36-31(35)22-16-14-21(15-17-22)23-11-7-12-25-28(30(33)34)24-10-4-5-13-27(24)32(3)29(23)25/h4-17H,18H2,1-3H3/p+1. The molecule has 0 saturated heterocycles. The van der Waals surface area contributed by atoms with Crippen LogP contribution in [0.5, 0.6) is 0 Å². The molecule has 0 amide bonds. The molecule has 0 aliphatic carbocycles. The molecular formula is C31H26NO4+. The molecule has 0 unspecified atom stereocenters. The molecule has 5 aromatic rings. The number of benzene rings is 4. The highest BCUT2D eigenvalue weighted by atomic mass is 16.5. The zero-order chi connectivity index (χ0) is 25.4. The van der Waals surface area contributed by atoms with Gasteiger partial charge in [0.1, 0.15) is 13.7 Å². The average Bonchev–Trinajstić information content (AvgIpc) is 2.88. The molecule has 0 aliphatic heterocycles. The van der Waals surface area contributed by atoms with Crippen molar-refractivity contribution in [2.24, 2.45) is 7.05 Å². The van der Waals surface area contributed by atoms with Gasteiger partial charge in [-0.1, -0.05) is 48.5 Å². The molecule has 4 aromatic carbocycles. The number of carbonyl (C=O) groups is 2. The predicted octanol–water partition coefficient (Wildman–Crippen LogP) is 6.16. The number of carbonyl (C=O) groups excluding carboxylic acids is 1. The van der Waals surface area contributed by atoms with Crippen molar-refractivity contribution >= 4 is 33.7 Å². The number of hydrogen-bond acceptors (Lipinski definition) is 3. The molecule has 36 heavy (non-hydrogen) atoms. The van der Waals surface area contributed by atoms with Crippen LogP contribution in [0.15, 0.2) is 84.9 Å². The van der Waals surface area contributed by atoms with Crippen molar-refractivity contribution in [2.45, 2.75) is 20.5 Å². The van der Waals surface area contributed by atoms with E-state index in [0.29, 0.717) is 16.3 Å². The van der Waals surface area contributed by atoms with Crippen LogP contribution in [-0.2, 0) is 18.4 Å². The Labute approximate surface area is 209 Å². The number of nitrogens with zero attached hydrogens (tertiary/aromatic N) is 1. The van der Waals surface area contributed by atoms with Crippen molar-refractivity contribution in [3.05, 3.63) is 113 Å². The largest absolute Gasteiger partial charge is 0.478 e. The van der Waals surface area contributed by atoms with E-state index in [9.17, 15) is 14.7 Å². The number of aromatic carboxylic acids is 1. The summed E-state index contributed by atoms with van der Waals surface area (Å²) in [6.07, 6.45) is 0. The molecule has 1 heterocycles. The van der Waals surface area contributed by atoms with Crippen LogP contribution in [0.1, 0.15) is 37.4 Å². The first kappa shape index (κ1) is 23.2. The van der Waals surface area contributed by atoms with E-state index in [1.807, 2.05) is 98.3 Å². The minimum Gasteiger partial charge on any atom is -0.478 e. The number of aryl methyl sites for hydroxylation is 3. The highest BCUT2D eigenvalue weighted by molar-refractivity contribution is 6.14. The number of para-hydroxylation sites is 2. The van der Waals surface area contributed by atoms with E-state index in [1.165, 1.54) is 0 Å². The normalized spacial score (nSPS) is 11.1. The molecule has 178 valence electrons. The first-order valence-corrected chi connectivity index (χ1v) is 11.8. The molecule has 0 aliphatic rings. The Morgan fingerprint density at radius 3 is 2.14 bits per heavy atom. The Kier molecular flexibility index (Phi) is 5.98. The van der Waals surface area contributed by atoms with Crippen molar-refractivity contribution < 1.29 is 24.0 Å². The number of carboxylic acid groups (broad SMARTS) is 1. The number of carboxylic acids is 1. The van der Waals surface area contributed by atoms with Crippen molar-refractivity contribution in [1.82, 2.24) is 0 Å². The fraction of sp³-hybridized carbons (Fsp3) is 0.129. The van der Waals surface area contributed by atoms with Crippen LogP contribution in [-0.4, -0.2) is 17.0 Å². The molecule has 0 fully saturated rings. The van der Waals surface area contributed by atoms with E-state index in [2.05, 4.69) is 0 Å². The summed E-state index contributed by atoms with van der Waals surface area (Å²) in [6, 6.07) is 26.4. The first-order chi connectivity index (χ1) is 17.4. The third-order valence-electron chi connectivity index (χ3n) is 6.81. The lowest BCUT2D eigenvalue weighted by molar-refractivity contribution is -0.617. The van der Waals surface area contributed by atoms with Crippen LogP contribution in [0.25, 0.3) is 32.9 Å². The van der Waals surface area contributed by atoms with Crippen molar-refractivity contribution in [2.75, 3.05) is 0 Å². The zero-order valence-corrected chi connectivity index (χ0v) is 20.4. The van der Waals surface area contributed by atoms with Crippen molar-refractivity contribution in [1.29, 1.82) is 0 Å². The first-order valence-electron chi connectivity index (χ1n) is 11.8. The third-order valence-corrected chi connectivity index (χ3v) is 6.81. The van der Waals surface area contributed by atoms with E-state index >= 15 is 0 Å². The smallest absolute Gasteiger partial charge is 0.338 e. The Bertz CT molecular complexity index is 1630. The van der Waals surface area contributed by atoms with Gasteiger partial charge in [-0.05, 0) is 66.4 Å². The quantitative estimate of drug-likeness (QED) is 0.188. The summed E-state index contributed by atoms with van der Waals surface area (Å²) in [5, 5.41) is 11.4. The van der Waals surface area contributed by atoms with Gasteiger partial charge in [0.15, 0.2) is 0 Å². The summed E-state index contributed by atoms with van der Waals surface area (Å²) in [5.74, 6) is -1.34. The van der Waals surface area contributed by atoms with Gasteiger partial charge in [-0.25, -0.2) is 9.59 Å². The van der Waals surface area contributed by atoms with Crippen LogP contribution >= 0.6 is 0 Å². The monoisotopic (exact) mass is 476 g/mol. The predicted molar refractivity (Wildman–Crippen MR) is 140 cm³/mol. The SMILES string of the molecule is Cc1cccc(C)c1COC(=O)c1ccc(-c2cccc3c(C(=O)O)c4ccccc4[n+](C)c23)cc1. The Balaban J connectivity index is 1.52. The molecular weight excluding hydrogens is 450 g/mol. The molecule has 1 aromatic heterocycles. The molecule has 5 rings (SSSR count). The molecule has 5 nitrogen and oxygen atoms in total. The van der Waals surface area contributed by atoms with Crippen molar-refractivity contribution in [3.63, 3.8) is 0 Å². The highest BCUT2D eigenvalue weighted by Crippen LogP contribution is 2.32. The average molecular weight is 477 g/mol. The van der Waals surface area contributed by atoms with Crippen molar-refractivity contribution in [3.8, 4) is 11.1 Å². The summed E-state index contributed by atoms with van der Waals surface area (Å²) in [4.78, 5) is 25.0. The van der Waals surface area contributed by atoms with Gasteiger partial charge in [0.25, 0.3) is 0 Å². The second-order valence-corrected chi connectivity index (χ2v) is 8.98. The van der Waals surface area contributed by atoms with Gasteiger partial charge >= 0.3 is 11.9 Å². The maximum Gasteiger partial charge on any atom is 0.338 e. The van der Waals surface area contributed by atoms with E-state index in [1.54, 1.807) is 12.1 Å². The number of fused-ring (bicyclic) bond motifs is 2. The highest BCUT2D eigenvalue weighted by Gasteiger charge is 2.24. The molecule has 0 radical (unpaired) electrons. The summed E-state index contributed by atoms with van der Waals surface area (Å²) < 4.78 is 7.62. The molecule has 0 spiro atoms. The summed E-state index contributed by atoms with van der Waals surface area (Å²) in [5.41, 5.74) is 7.38. The number of rotatable bonds is 5. The van der Waals surface area contributed by atoms with Crippen LogP contribution in [0.3, 0.4) is 0 Å². The minimum absolute atomic E-state index is 0.225. The van der Waals surface area contributed by atoms with E-state index in [-0.39, 0.29) is 18.1 Å². The zero-order valence-electron chi connectivity index (χ0n) is 20.4. The Morgan fingerprint density at radius 2 is 1.44 bits per heavy atom. The fourth-order valence-corrected chi connectivity index (χ4v) is 4.90. The summed E-state index contributed by atoms with van der Waals surface area (Å²) in [7, 11) is 1.94. The number of aromatic nitrogens is 1. The van der Waals surface area contributed by atoms with Gasteiger partial charge in [-0.3, -0.25) is 0 Å². The molecule has 1 N–H and O–H groups in total. The second kappa shape index (κ2) is 9.27. The Morgan fingerprint density at radius 1 is 0.806 bits per heavy atom. The Hall–Kier alpha value is -4.51. The lowest BCUT2D eigenvalue weighted by Gasteiger charge is -2.12. The van der Waals surface area contributed by atoms with Crippen LogP contribution in [0, 0.1) is 13.8 Å². The second-order valence-electron chi connectivity index (χ2n) is 8.98. The van der Waals surface area contributed by atoms with Crippen LogP contribution in [0.2, 0.25) is 0 Å². The molecule has 0 atom stereocenters. The van der Waals surface area contributed by atoms with E-state index in [4.69, 9.17) is 4.74 Å². The fourth-order valence-electron chi connectivity index (χ4n) is 4.90. The van der Waals surface area contributed by atoms with Gasteiger partial charge in [-0.15, -0.1) is 0 Å². The van der Waals surface area contributed by atoms with Gasteiger partial charge in [0.05, 0.1) is 27.5 Å². The molecule has 5 heteroatoms. The van der Waals surface area contributed by atoms with E-state index in [0.717, 1.165) is 38.9 Å². The maximum absolute atomic E-state index is 12.7. The molecule has 0 bridgehead atoms. The number of ether oxygens (including phenoxy) is 1. The maximum atomic E-state index is 12.7. The van der Waals surface area contributed by atoms with Crippen LogP contribution in [0.4, 0.5) is 0 Å². The summed E-state index contributed by atoms with van der Waals surface area (Å²) >= 11 is 0. The number of hydrogen-bond donors (Lipinski definition) is 1. The van der Waals surface area contributed by atoms with Gasteiger partial charge in [0, 0.05) is 6.07 Å². The van der Waals surface area contributed by atoms with E-state index < -0.39 is 5.97 Å². The topological polar surface area (TPSA) is 67.5 Å². The van der Waals surface area contributed by atoms with Gasteiger partial charge in [-0.2, -0.15) is 4.57 Å². The number of esters is 1.